The van der Waals surface area contributed by atoms with Crippen molar-refractivity contribution in [3.63, 3.8) is 0 Å². The summed E-state index contributed by atoms with van der Waals surface area (Å²) < 4.78 is 17.7. The standard InChI is InChI=1S/C41H35ClN2O6/c42-36-22-12-11-21-35(36)41(28-13-3-1-4-14-28,29-15-5-2-6-16-29)50-38(45)25-37(39(46)44-23-24-48-27-44)43-40(47)49-26-34-32-19-9-7-17-30(32)31-18-8-10-20-33(31)34/h1-22,34,37H,23-27H2,(H,43,47). The number of carbonyl (C=O) groups is 3. The Hall–Kier alpha value is -5.44. The van der Waals surface area contributed by atoms with Crippen molar-refractivity contribution < 1.29 is 28.6 Å². The number of rotatable bonds is 10. The third-order valence-corrected chi connectivity index (χ3v) is 9.58. The maximum absolute atomic E-state index is 14.2. The minimum Gasteiger partial charge on any atom is -0.449 e. The highest BCUT2D eigenvalue weighted by Crippen LogP contribution is 2.45. The normalized spacial score (nSPS) is 14.4. The molecule has 1 heterocycles. The third-order valence-electron chi connectivity index (χ3n) is 9.25. The first-order valence-corrected chi connectivity index (χ1v) is 16.9. The van der Waals surface area contributed by atoms with Gasteiger partial charge in [-0.1, -0.05) is 139 Å². The number of nitrogens with one attached hydrogen (secondary N) is 1. The van der Waals surface area contributed by atoms with Gasteiger partial charge in [-0.2, -0.15) is 0 Å². The van der Waals surface area contributed by atoms with E-state index < -0.39 is 36.0 Å². The molecular weight excluding hydrogens is 652 g/mol. The van der Waals surface area contributed by atoms with Crippen molar-refractivity contribution in [1.82, 2.24) is 10.2 Å². The van der Waals surface area contributed by atoms with Gasteiger partial charge in [-0.25, -0.2) is 4.79 Å². The summed E-state index contributed by atoms with van der Waals surface area (Å²) in [6.07, 6.45) is -1.28. The number of fused-ring (bicyclic) bond motifs is 3. The topological polar surface area (TPSA) is 94.2 Å². The van der Waals surface area contributed by atoms with Crippen LogP contribution in [0.2, 0.25) is 5.02 Å². The summed E-state index contributed by atoms with van der Waals surface area (Å²) in [5.41, 5.74) is 4.72. The zero-order valence-corrected chi connectivity index (χ0v) is 27.9. The molecule has 0 spiro atoms. The lowest BCUT2D eigenvalue weighted by Crippen LogP contribution is -2.50. The number of carbonyl (C=O) groups excluding carboxylic acids is 3. The molecule has 2 aliphatic rings. The van der Waals surface area contributed by atoms with Gasteiger partial charge in [0.2, 0.25) is 5.91 Å². The second kappa shape index (κ2) is 14.6. The number of esters is 1. The molecule has 0 saturated carbocycles. The number of alkyl carbamates (subject to hydrolysis) is 1. The predicted octanol–water partition coefficient (Wildman–Crippen LogP) is 7.29. The Balaban J connectivity index is 1.16. The monoisotopic (exact) mass is 686 g/mol. The van der Waals surface area contributed by atoms with Gasteiger partial charge < -0.3 is 24.4 Å². The first-order valence-electron chi connectivity index (χ1n) is 16.5. The van der Waals surface area contributed by atoms with E-state index in [1.165, 1.54) is 4.90 Å². The van der Waals surface area contributed by atoms with Crippen LogP contribution in [0.15, 0.2) is 133 Å². The number of hydrogen-bond donors (Lipinski definition) is 1. The highest BCUT2D eigenvalue weighted by atomic mass is 35.5. The lowest BCUT2D eigenvalue weighted by molar-refractivity contribution is -0.156. The average molecular weight is 687 g/mol. The molecule has 0 bridgehead atoms. The Morgan fingerprint density at radius 1 is 0.780 bits per heavy atom. The minimum atomic E-state index is -1.47. The fourth-order valence-corrected chi connectivity index (χ4v) is 7.18. The molecule has 1 aliphatic heterocycles. The van der Waals surface area contributed by atoms with Crippen molar-refractivity contribution in [2.75, 3.05) is 26.5 Å². The van der Waals surface area contributed by atoms with E-state index in [0.717, 1.165) is 22.3 Å². The number of benzene rings is 5. The van der Waals surface area contributed by atoms with Crippen molar-refractivity contribution in [1.29, 1.82) is 0 Å². The molecule has 9 heteroatoms. The molecular formula is C41H35ClN2O6. The van der Waals surface area contributed by atoms with E-state index in [-0.39, 0.29) is 19.3 Å². The molecule has 0 aromatic heterocycles. The Kier molecular flexibility index (Phi) is 9.65. The first kappa shape index (κ1) is 33.1. The number of amides is 2. The molecule has 7 rings (SSSR count). The van der Waals surface area contributed by atoms with Crippen LogP contribution < -0.4 is 5.32 Å². The lowest BCUT2D eigenvalue weighted by atomic mass is 9.80. The Labute approximate surface area is 295 Å². The van der Waals surface area contributed by atoms with Gasteiger partial charge in [0.05, 0.1) is 13.0 Å². The van der Waals surface area contributed by atoms with Crippen molar-refractivity contribution in [3.05, 3.63) is 166 Å². The molecule has 5 aromatic rings. The molecule has 252 valence electrons. The maximum Gasteiger partial charge on any atom is 0.407 e. The maximum atomic E-state index is 14.2. The van der Waals surface area contributed by atoms with Gasteiger partial charge in [0, 0.05) is 34.2 Å². The van der Waals surface area contributed by atoms with E-state index in [0.29, 0.717) is 34.9 Å². The molecule has 1 atom stereocenters. The summed E-state index contributed by atoms with van der Waals surface area (Å²) in [6, 6.07) is 40.6. The molecule has 5 aromatic carbocycles. The van der Waals surface area contributed by atoms with E-state index in [2.05, 4.69) is 17.4 Å². The molecule has 1 aliphatic carbocycles. The quantitative estimate of drug-likeness (QED) is 0.123. The molecule has 1 saturated heterocycles. The van der Waals surface area contributed by atoms with Gasteiger partial charge in [0.25, 0.3) is 0 Å². The lowest BCUT2D eigenvalue weighted by Gasteiger charge is -2.36. The van der Waals surface area contributed by atoms with Crippen LogP contribution in [-0.4, -0.2) is 55.4 Å². The van der Waals surface area contributed by atoms with Crippen molar-refractivity contribution in [3.8, 4) is 11.1 Å². The van der Waals surface area contributed by atoms with E-state index >= 15 is 0 Å². The third kappa shape index (κ3) is 6.47. The number of halogens is 1. The fraction of sp³-hybridized carbons (Fsp3) is 0.195. The van der Waals surface area contributed by atoms with Crippen molar-refractivity contribution in [2.45, 2.75) is 24.0 Å². The van der Waals surface area contributed by atoms with Gasteiger partial charge in [0.15, 0.2) is 5.60 Å². The van der Waals surface area contributed by atoms with E-state index in [1.807, 2.05) is 109 Å². The summed E-state index contributed by atoms with van der Waals surface area (Å²) in [6.45, 7) is 0.782. The van der Waals surface area contributed by atoms with Crippen molar-refractivity contribution >= 4 is 29.6 Å². The molecule has 8 nitrogen and oxygen atoms in total. The summed E-state index contributed by atoms with van der Waals surface area (Å²) in [5, 5.41) is 3.07. The number of nitrogens with zero attached hydrogens (tertiary/aromatic N) is 1. The Morgan fingerprint density at radius 2 is 1.34 bits per heavy atom. The molecule has 1 unspecified atom stereocenters. The van der Waals surface area contributed by atoms with Crippen LogP contribution >= 0.6 is 11.6 Å². The highest BCUT2D eigenvalue weighted by Gasteiger charge is 2.43. The van der Waals surface area contributed by atoms with Crippen LogP contribution in [0.4, 0.5) is 4.79 Å². The van der Waals surface area contributed by atoms with Crippen LogP contribution in [0.25, 0.3) is 11.1 Å². The number of hydrogen-bond acceptors (Lipinski definition) is 6. The summed E-state index contributed by atoms with van der Waals surface area (Å²) in [7, 11) is 0. The average Bonchev–Trinajstić information content (AvgIpc) is 3.81. The van der Waals surface area contributed by atoms with E-state index in [1.54, 1.807) is 12.1 Å². The minimum absolute atomic E-state index is 0.0499. The van der Waals surface area contributed by atoms with E-state index in [9.17, 15) is 14.4 Å². The SMILES string of the molecule is O=C(CC(NC(=O)OCC1c2ccccc2-c2ccccc21)C(=O)N1CCOC1)OC(c1ccccc1)(c1ccccc1)c1ccccc1Cl. The summed E-state index contributed by atoms with van der Waals surface area (Å²) in [5.74, 6) is -1.38. The first-order chi connectivity index (χ1) is 24.5. The zero-order chi connectivity index (χ0) is 34.5. The molecule has 1 fully saturated rings. The second-order valence-corrected chi connectivity index (χ2v) is 12.6. The largest absolute Gasteiger partial charge is 0.449 e. The highest BCUT2D eigenvalue weighted by molar-refractivity contribution is 6.31. The molecule has 50 heavy (non-hydrogen) atoms. The van der Waals surface area contributed by atoms with E-state index in [4.69, 9.17) is 25.8 Å². The zero-order valence-electron chi connectivity index (χ0n) is 27.2. The summed E-state index contributed by atoms with van der Waals surface area (Å²) >= 11 is 6.82. The smallest absolute Gasteiger partial charge is 0.407 e. The van der Waals surface area contributed by atoms with Crippen LogP contribution in [0.1, 0.15) is 40.2 Å². The van der Waals surface area contributed by atoms with Gasteiger partial charge in [-0.05, 0) is 28.3 Å². The van der Waals surface area contributed by atoms with Crippen LogP contribution in [-0.2, 0) is 29.4 Å². The van der Waals surface area contributed by atoms with Crippen LogP contribution in [0.3, 0.4) is 0 Å². The van der Waals surface area contributed by atoms with Crippen LogP contribution in [0.5, 0.6) is 0 Å². The van der Waals surface area contributed by atoms with Gasteiger partial charge >= 0.3 is 12.1 Å². The van der Waals surface area contributed by atoms with Crippen LogP contribution in [0, 0.1) is 0 Å². The van der Waals surface area contributed by atoms with Crippen molar-refractivity contribution in [2.24, 2.45) is 0 Å². The second-order valence-electron chi connectivity index (χ2n) is 12.2. The van der Waals surface area contributed by atoms with Gasteiger partial charge in [0.1, 0.15) is 19.4 Å². The molecule has 1 N–H and O–H groups in total. The Bertz CT molecular complexity index is 1910. The molecule has 2 amide bonds. The predicted molar refractivity (Wildman–Crippen MR) is 189 cm³/mol. The van der Waals surface area contributed by atoms with Gasteiger partial charge in [-0.15, -0.1) is 0 Å². The molecule has 0 radical (unpaired) electrons. The van der Waals surface area contributed by atoms with Gasteiger partial charge in [-0.3, -0.25) is 9.59 Å². The Morgan fingerprint density at radius 3 is 1.92 bits per heavy atom. The number of ether oxygens (including phenoxy) is 3. The fourth-order valence-electron chi connectivity index (χ4n) is 6.91. The summed E-state index contributed by atoms with van der Waals surface area (Å²) in [4.78, 5) is 42.8.